The first-order valence-corrected chi connectivity index (χ1v) is 11.7. The molecule has 1 N–H and O–H groups in total. The number of nitro benzene ring substituents is 1. The van der Waals surface area contributed by atoms with Crippen molar-refractivity contribution in [2.75, 3.05) is 0 Å². The number of nitrogens with one attached hydrogen (secondary N) is 1. The first kappa shape index (κ1) is 24.5. The van der Waals surface area contributed by atoms with Crippen LogP contribution in [0.2, 0.25) is 10.0 Å². The van der Waals surface area contributed by atoms with Crippen LogP contribution in [-0.2, 0) is 6.54 Å². The summed E-state index contributed by atoms with van der Waals surface area (Å²) in [7, 11) is 0. The maximum absolute atomic E-state index is 12.4. The molecule has 0 unspecified atom stereocenters. The Hall–Kier alpha value is -3.67. The van der Waals surface area contributed by atoms with E-state index in [9.17, 15) is 14.9 Å². The summed E-state index contributed by atoms with van der Waals surface area (Å²) in [5.41, 5.74) is 2.83. The molecule has 0 fully saturated rings. The summed E-state index contributed by atoms with van der Waals surface area (Å²) in [6, 6.07) is 12.3. The Morgan fingerprint density at radius 1 is 1.26 bits per heavy atom. The van der Waals surface area contributed by atoms with Crippen molar-refractivity contribution in [3.05, 3.63) is 86.1 Å². The molecule has 0 bridgehead atoms. The van der Waals surface area contributed by atoms with Crippen LogP contribution < -0.4 is 5.43 Å². The number of carbonyl (C=O) groups is 1. The third kappa shape index (κ3) is 5.53. The van der Waals surface area contributed by atoms with Gasteiger partial charge in [-0.15, -0.1) is 10.2 Å². The van der Waals surface area contributed by atoms with E-state index in [2.05, 4.69) is 20.7 Å². The first-order chi connectivity index (χ1) is 16.9. The molecule has 4 aromatic rings. The quantitative estimate of drug-likeness (QED) is 0.176. The lowest BCUT2D eigenvalue weighted by Crippen LogP contribution is -2.18. The lowest BCUT2D eigenvalue weighted by molar-refractivity contribution is -0.384. The van der Waals surface area contributed by atoms with E-state index in [1.807, 2.05) is 11.5 Å². The second kappa shape index (κ2) is 10.7. The lowest BCUT2D eigenvalue weighted by atomic mass is 10.2. The minimum Gasteiger partial charge on any atom is -0.461 e. The van der Waals surface area contributed by atoms with Gasteiger partial charge in [-0.05, 0) is 55.1 Å². The maximum Gasteiger partial charge on any atom is 0.272 e. The number of benzene rings is 2. The molecule has 10 nitrogen and oxygen atoms in total. The zero-order valence-electron chi connectivity index (χ0n) is 18.0. The van der Waals surface area contributed by atoms with Crippen LogP contribution in [0.1, 0.15) is 22.8 Å². The number of non-ortho nitro benzene ring substituents is 1. The van der Waals surface area contributed by atoms with Gasteiger partial charge < -0.3 is 4.42 Å². The predicted molar refractivity (Wildman–Crippen MR) is 132 cm³/mol. The molecular formula is C22H16Cl2N6O4S. The third-order valence-corrected chi connectivity index (χ3v) is 6.35. The number of hydrazone groups is 1. The minimum atomic E-state index is -0.559. The number of carbonyl (C=O) groups excluding carboxylic acids is 1. The number of hydrogen-bond donors (Lipinski definition) is 1. The summed E-state index contributed by atoms with van der Waals surface area (Å²) in [6.07, 6.45) is 2.87. The second-order valence-corrected chi connectivity index (χ2v) is 8.79. The van der Waals surface area contributed by atoms with E-state index in [1.165, 1.54) is 48.3 Å². The number of rotatable bonds is 8. The molecule has 2 heterocycles. The van der Waals surface area contributed by atoms with E-state index in [-0.39, 0.29) is 16.3 Å². The molecular weight excluding hydrogens is 515 g/mol. The van der Waals surface area contributed by atoms with Gasteiger partial charge in [0.1, 0.15) is 0 Å². The van der Waals surface area contributed by atoms with Crippen molar-refractivity contribution >= 4 is 52.8 Å². The van der Waals surface area contributed by atoms with E-state index in [1.54, 1.807) is 24.5 Å². The smallest absolute Gasteiger partial charge is 0.272 e. The van der Waals surface area contributed by atoms with Crippen LogP contribution in [0.3, 0.4) is 0 Å². The summed E-state index contributed by atoms with van der Waals surface area (Å²) in [5.74, 6) is 0.570. The normalized spacial score (nSPS) is 11.2. The van der Waals surface area contributed by atoms with Crippen LogP contribution in [0.15, 0.2) is 74.4 Å². The van der Waals surface area contributed by atoms with Crippen molar-refractivity contribution in [2.24, 2.45) is 5.10 Å². The summed E-state index contributed by atoms with van der Waals surface area (Å²) >= 11 is 13.2. The van der Waals surface area contributed by atoms with Gasteiger partial charge >= 0.3 is 0 Å². The van der Waals surface area contributed by atoms with Crippen LogP contribution in [0.5, 0.6) is 0 Å². The number of halogens is 2. The van der Waals surface area contributed by atoms with Gasteiger partial charge in [-0.1, -0.05) is 23.2 Å². The number of aromatic nitrogens is 3. The highest BCUT2D eigenvalue weighted by atomic mass is 35.5. The van der Waals surface area contributed by atoms with E-state index < -0.39 is 10.8 Å². The monoisotopic (exact) mass is 530 g/mol. The zero-order valence-corrected chi connectivity index (χ0v) is 20.3. The number of nitrogens with zero attached hydrogens (tertiary/aromatic N) is 5. The van der Waals surface area contributed by atoms with Crippen molar-refractivity contribution < 1.29 is 14.1 Å². The van der Waals surface area contributed by atoms with Crippen molar-refractivity contribution in [2.45, 2.75) is 23.5 Å². The predicted octanol–water partition coefficient (Wildman–Crippen LogP) is 5.69. The molecule has 0 saturated heterocycles. The molecule has 35 heavy (non-hydrogen) atoms. The number of amides is 1. The first-order valence-electron chi connectivity index (χ1n) is 10.1. The standard InChI is InChI=1S/C22H16Cl2N6O4S/c1-2-29-20(18-4-3-9-34-18)26-28-22(29)35-19-8-6-15(30(32)33)10-13(19)12-25-27-21(31)16-7-5-14(23)11-17(16)24/h3-12H,2H2,1H3,(H,27,31)/b25-12-. The average molecular weight is 531 g/mol. The molecule has 0 aliphatic rings. The molecule has 13 heteroatoms. The molecule has 4 rings (SSSR count). The van der Waals surface area contributed by atoms with Gasteiger partial charge in [0.25, 0.3) is 11.6 Å². The number of hydrogen-bond acceptors (Lipinski definition) is 8. The van der Waals surface area contributed by atoms with E-state index in [0.717, 1.165) is 0 Å². The molecule has 178 valence electrons. The fraction of sp³-hybridized carbons (Fsp3) is 0.0909. The Labute approximate surface area is 213 Å². The largest absolute Gasteiger partial charge is 0.461 e. The van der Waals surface area contributed by atoms with Crippen molar-refractivity contribution in [3.8, 4) is 11.6 Å². The van der Waals surface area contributed by atoms with E-state index in [0.29, 0.717) is 38.8 Å². The number of furan rings is 1. The van der Waals surface area contributed by atoms with E-state index in [4.69, 9.17) is 27.6 Å². The van der Waals surface area contributed by atoms with Crippen LogP contribution in [0.25, 0.3) is 11.6 Å². The topological polar surface area (TPSA) is 128 Å². The Kier molecular flexibility index (Phi) is 7.49. The van der Waals surface area contributed by atoms with Crippen molar-refractivity contribution in [1.82, 2.24) is 20.2 Å². The van der Waals surface area contributed by atoms with Crippen LogP contribution in [0.4, 0.5) is 5.69 Å². The Morgan fingerprint density at radius 2 is 2.09 bits per heavy atom. The Morgan fingerprint density at radius 3 is 2.77 bits per heavy atom. The highest BCUT2D eigenvalue weighted by molar-refractivity contribution is 7.99. The highest BCUT2D eigenvalue weighted by Gasteiger charge is 2.18. The third-order valence-electron chi connectivity index (χ3n) is 4.73. The fourth-order valence-corrected chi connectivity index (χ4v) is 4.54. The molecule has 0 aliphatic carbocycles. The molecule has 0 aliphatic heterocycles. The molecule has 2 aromatic carbocycles. The number of nitro groups is 1. The Bertz CT molecular complexity index is 1420. The lowest BCUT2D eigenvalue weighted by Gasteiger charge is -2.08. The molecule has 2 aromatic heterocycles. The van der Waals surface area contributed by atoms with Gasteiger partial charge in [-0.2, -0.15) is 5.10 Å². The maximum atomic E-state index is 12.4. The fourth-order valence-electron chi connectivity index (χ4n) is 3.07. The summed E-state index contributed by atoms with van der Waals surface area (Å²) in [6.45, 7) is 2.51. The molecule has 0 spiro atoms. The van der Waals surface area contributed by atoms with Gasteiger partial charge in [0, 0.05) is 34.2 Å². The highest BCUT2D eigenvalue weighted by Crippen LogP contribution is 2.33. The minimum absolute atomic E-state index is 0.129. The molecule has 1 amide bonds. The SMILES string of the molecule is CCn1c(Sc2ccc([N+](=O)[O-])cc2/C=N\NC(=O)c2ccc(Cl)cc2Cl)nnc1-c1ccco1. The molecule has 0 radical (unpaired) electrons. The second-order valence-electron chi connectivity index (χ2n) is 6.93. The average Bonchev–Trinajstić information content (AvgIpc) is 3.49. The van der Waals surface area contributed by atoms with Crippen molar-refractivity contribution in [3.63, 3.8) is 0 Å². The summed E-state index contributed by atoms with van der Waals surface area (Å²) in [4.78, 5) is 23.8. The summed E-state index contributed by atoms with van der Waals surface area (Å²) in [5, 5.41) is 24.8. The van der Waals surface area contributed by atoms with Gasteiger partial charge in [0.15, 0.2) is 16.7 Å². The van der Waals surface area contributed by atoms with Crippen LogP contribution in [0, 0.1) is 10.1 Å². The molecule has 0 saturated carbocycles. The van der Waals surface area contributed by atoms with Gasteiger partial charge in [0.05, 0.1) is 28.0 Å². The van der Waals surface area contributed by atoms with Gasteiger partial charge in [-0.3, -0.25) is 19.5 Å². The van der Waals surface area contributed by atoms with Crippen molar-refractivity contribution in [1.29, 1.82) is 0 Å². The van der Waals surface area contributed by atoms with Gasteiger partial charge in [0.2, 0.25) is 0 Å². The van der Waals surface area contributed by atoms with E-state index >= 15 is 0 Å². The zero-order chi connectivity index (χ0) is 24.9. The van der Waals surface area contributed by atoms with Crippen LogP contribution >= 0.6 is 35.0 Å². The summed E-state index contributed by atoms with van der Waals surface area (Å²) < 4.78 is 7.29. The van der Waals surface area contributed by atoms with Gasteiger partial charge in [-0.25, -0.2) is 5.43 Å². The Balaban J connectivity index is 1.61. The van der Waals surface area contributed by atoms with Crippen LogP contribution in [-0.4, -0.2) is 31.8 Å². The molecule has 0 atom stereocenters.